The van der Waals surface area contributed by atoms with E-state index in [2.05, 4.69) is 25.8 Å². The van der Waals surface area contributed by atoms with Gasteiger partial charge in [-0.15, -0.1) is 0 Å². The summed E-state index contributed by atoms with van der Waals surface area (Å²) in [7, 11) is 0. The second kappa shape index (κ2) is 10.9. The van der Waals surface area contributed by atoms with E-state index in [0.29, 0.717) is 29.1 Å². The summed E-state index contributed by atoms with van der Waals surface area (Å²) in [4.78, 5) is 15.6. The lowest BCUT2D eigenvalue weighted by molar-refractivity contribution is -0.141. The Labute approximate surface area is 236 Å². The third kappa shape index (κ3) is 5.43. The summed E-state index contributed by atoms with van der Waals surface area (Å²) < 4.78 is 62.0. The Balaban J connectivity index is 1.29. The van der Waals surface area contributed by atoms with Gasteiger partial charge in [-0.25, -0.2) is 9.07 Å². The highest BCUT2D eigenvalue weighted by atomic mass is 19.4. The highest BCUT2D eigenvalue weighted by molar-refractivity contribution is 6.04. The van der Waals surface area contributed by atoms with Crippen molar-refractivity contribution >= 4 is 28.4 Å². The van der Waals surface area contributed by atoms with E-state index in [1.54, 1.807) is 6.07 Å². The Morgan fingerprint density at radius 3 is 2.60 bits per heavy atom. The molecule has 13 heteroatoms. The van der Waals surface area contributed by atoms with Crippen LogP contribution < -0.4 is 16.4 Å². The average molecular weight is 580 g/mol. The third-order valence-corrected chi connectivity index (χ3v) is 7.11. The molecule has 1 aliphatic rings. The van der Waals surface area contributed by atoms with Crippen LogP contribution in [0.1, 0.15) is 21.7 Å². The summed E-state index contributed by atoms with van der Waals surface area (Å²) in [6.07, 6.45) is -4.83. The fraction of sp³-hybridized carbons (Fsp3) is 0.207. The molecular weight excluding hydrogens is 554 g/mol. The maximum atomic E-state index is 15.3. The van der Waals surface area contributed by atoms with Gasteiger partial charge in [0.1, 0.15) is 11.5 Å². The number of aromatic nitrogens is 3. The Morgan fingerprint density at radius 1 is 1.05 bits per heavy atom. The number of hydrogen-bond donors (Lipinski definition) is 3. The zero-order valence-corrected chi connectivity index (χ0v) is 22.1. The van der Waals surface area contributed by atoms with E-state index in [0.717, 1.165) is 42.0 Å². The molecule has 0 aliphatic carbocycles. The minimum absolute atomic E-state index is 0.0257. The molecule has 0 radical (unpaired) electrons. The Bertz CT molecular complexity index is 1770. The molecule has 216 valence electrons. The maximum Gasteiger partial charge on any atom is 0.435 e. The van der Waals surface area contributed by atoms with Gasteiger partial charge in [-0.2, -0.15) is 18.3 Å². The predicted molar refractivity (Wildman–Crippen MR) is 148 cm³/mol. The van der Waals surface area contributed by atoms with E-state index in [4.69, 9.17) is 10.3 Å². The largest absolute Gasteiger partial charge is 0.435 e. The molecule has 1 fully saturated rings. The normalized spacial score (nSPS) is 14.4. The van der Waals surface area contributed by atoms with Crippen LogP contribution in [-0.4, -0.2) is 51.9 Å². The van der Waals surface area contributed by atoms with Crippen LogP contribution in [0.25, 0.3) is 27.8 Å². The van der Waals surface area contributed by atoms with Gasteiger partial charge in [0.05, 0.1) is 16.8 Å². The molecule has 4 N–H and O–H groups in total. The lowest BCUT2D eigenvalue weighted by Crippen LogP contribution is -2.42. The number of anilines is 2. The van der Waals surface area contributed by atoms with Crippen molar-refractivity contribution in [1.29, 1.82) is 0 Å². The molecule has 0 atom stereocenters. The van der Waals surface area contributed by atoms with Crippen molar-refractivity contribution in [3.05, 3.63) is 89.5 Å². The number of nitrogen functional groups attached to an aromatic ring is 1. The molecule has 0 unspecified atom stereocenters. The van der Waals surface area contributed by atoms with Crippen LogP contribution in [0.5, 0.6) is 0 Å². The second-order valence-corrected chi connectivity index (χ2v) is 9.90. The third-order valence-electron chi connectivity index (χ3n) is 7.11. The first kappa shape index (κ1) is 27.4. The quantitative estimate of drug-likeness (QED) is 0.241. The smallest absolute Gasteiger partial charge is 0.380 e. The molecule has 0 spiro atoms. The zero-order valence-electron chi connectivity index (χ0n) is 22.1. The molecule has 42 heavy (non-hydrogen) atoms. The molecule has 1 aliphatic heterocycles. The predicted octanol–water partition coefficient (Wildman–Crippen LogP) is 5.08. The van der Waals surface area contributed by atoms with E-state index in [9.17, 15) is 18.0 Å². The van der Waals surface area contributed by atoms with Crippen molar-refractivity contribution in [3.63, 3.8) is 0 Å². The maximum absolute atomic E-state index is 15.3. The number of halogens is 4. The van der Waals surface area contributed by atoms with E-state index in [1.165, 1.54) is 30.3 Å². The fourth-order valence-corrected chi connectivity index (χ4v) is 4.98. The zero-order chi connectivity index (χ0) is 29.4. The number of fused-ring (bicyclic) bond motifs is 1. The first-order chi connectivity index (χ1) is 20.2. The van der Waals surface area contributed by atoms with Gasteiger partial charge in [-0.1, -0.05) is 35.5 Å². The van der Waals surface area contributed by atoms with Gasteiger partial charge >= 0.3 is 6.18 Å². The molecule has 3 aromatic carbocycles. The number of piperazine rings is 1. The first-order valence-electron chi connectivity index (χ1n) is 13.1. The molecule has 9 nitrogen and oxygen atoms in total. The number of hydrogen-bond acceptors (Lipinski definition) is 7. The molecule has 1 amide bonds. The number of nitrogens with zero attached hydrogens (tertiary/aromatic N) is 4. The van der Waals surface area contributed by atoms with Crippen LogP contribution in [-0.2, 0) is 12.7 Å². The number of nitrogens with two attached hydrogens (primary N) is 1. The van der Waals surface area contributed by atoms with Crippen molar-refractivity contribution in [3.8, 4) is 16.8 Å². The summed E-state index contributed by atoms with van der Waals surface area (Å²) in [5.41, 5.74) is 6.76. The second-order valence-electron chi connectivity index (χ2n) is 9.90. The molecular formula is C29H25F4N7O2. The average Bonchev–Trinajstić information content (AvgIpc) is 3.59. The summed E-state index contributed by atoms with van der Waals surface area (Å²) in [5, 5.41) is 13.3. The monoisotopic (exact) mass is 579 g/mol. The van der Waals surface area contributed by atoms with E-state index >= 15 is 4.39 Å². The van der Waals surface area contributed by atoms with Crippen molar-refractivity contribution < 1.29 is 26.9 Å². The Kier molecular flexibility index (Phi) is 7.12. The summed E-state index contributed by atoms with van der Waals surface area (Å²) in [6.45, 7) is 4.31. The number of carbonyl (C=O) groups excluding carboxylic acids is 1. The van der Waals surface area contributed by atoms with E-state index in [-0.39, 0.29) is 17.2 Å². The van der Waals surface area contributed by atoms with Crippen molar-refractivity contribution in [1.82, 2.24) is 25.2 Å². The number of amides is 1. The van der Waals surface area contributed by atoms with Crippen LogP contribution in [0.4, 0.5) is 29.1 Å². The standard InChI is InChI=1S/C29H25F4N7O2/c30-22-13-17(20-4-2-1-3-18(20)16-39-11-9-35-10-12-39)5-7-23(22)36-28(41)24-15-26(29(31,32)33)37-40(24)19-6-8-25-21(14-19)27(34)38-42-25/h1-8,13-15,35H,9-12,16H2,(H2,34,38)(H,36,41). The van der Waals surface area contributed by atoms with E-state index < -0.39 is 29.3 Å². The first-order valence-corrected chi connectivity index (χ1v) is 13.1. The van der Waals surface area contributed by atoms with E-state index in [1.807, 2.05) is 24.3 Å². The molecule has 1 saturated heterocycles. The summed E-state index contributed by atoms with van der Waals surface area (Å²) in [6, 6.07) is 16.9. The van der Waals surface area contributed by atoms with Gasteiger partial charge < -0.3 is 20.9 Å². The van der Waals surface area contributed by atoms with Crippen molar-refractivity contribution in [2.24, 2.45) is 0 Å². The van der Waals surface area contributed by atoms with Crippen LogP contribution in [0, 0.1) is 5.82 Å². The van der Waals surface area contributed by atoms with Crippen molar-refractivity contribution in [2.45, 2.75) is 12.7 Å². The molecule has 2 aromatic heterocycles. The highest BCUT2D eigenvalue weighted by Gasteiger charge is 2.36. The summed E-state index contributed by atoms with van der Waals surface area (Å²) in [5.74, 6) is -1.70. The lowest BCUT2D eigenvalue weighted by atomic mass is 9.98. The van der Waals surface area contributed by atoms with Crippen LogP contribution in [0.3, 0.4) is 0 Å². The minimum atomic E-state index is -4.83. The number of alkyl halides is 3. The van der Waals surface area contributed by atoms with Crippen LogP contribution in [0.15, 0.2) is 71.3 Å². The van der Waals surface area contributed by atoms with Gasteiger partial charge in [0.15, 0.2) is 17.1 Å². The molecule has 5 aromatic rings. The van der Waals surface area contributed by atoms with Gasteiger partial charge in [0.25, 0.3) is 5.91 Å². The van der Waals surface area contributed by atoms with Gasteiger partial charge in [0, 0.05) is 38.8 Å². The number of carbonyl (C=O) groups is 1. The Hall–Kier alpha value is -4.75. The number of benzene rings is 3. The van der Waals surface area contributed by atoms with Crippen molar-refractivity contribution in [2.75, 3.05) is 37.2 Å². The molecule has 3 heterocycles. The number of rotatable bonds is 6. The minimum Gasteiger partial charge on any atom is -0.380 e. The van der Waals surface area contributed by atoms with Crippen LogP contribution >= 0.6 is 0 Å². The van der Waals surface area contributed by atoms with Gasteiger partial charge in [-0.05, 0) is 47.0 Å². The highest BCUT2D eigenvalue weighted by Crippen LogP contribution is 2.32. The van der Waals surface area contributed by atoms with Crippen LogP contribution in [0.2, 0.25) is 0 Å². The molecule has 0 saturated carbocycles. The lowest BCUT2D eigenvalue weighted by Gasteiger charge is -2.28. The van der Waals surface area contributed by atoms with Gasteiger partial charge in [0.2, 0.25) is 0 Å². The fourth-order valence-electron chi connectivity index (χ4n) is 4.98. The number of nitrogens with one attached hydrogen (secondary N) is 2. The topological polar surface area (TPSA) is 114 Å². The molecule has 0 bridgehead atoms. The summed E-state index contributed by atoms with van der Waals surface area (Å²) >= 11 is 0. The Morgan fingerprint density at radius 2 is 1.83 bits per heavy atom. The SMILES string of the molecule is Nc1noc2ccc(-n3nc(C(F)(F)F)cc3C(=O)Nc3ccc(-c4ccccc4CN4CCNCC4)cc3F)cc12. The van der Waals surface area contributed by atoms with Gasteiger partial charge in [-0.3, -0.25) is 9.69 Å². The molecule has 6 rings (SSSR count).